The molecule has 0 unspecified atom stereocenters. The van der Waals surface area contributed by atoms with Crippen LogP contribution in [-0.2, 0) is 4.74 Å². The van der Waals surface area contributed by atoms with Crippen molar-refractivity contribution in [2.75, 3.05) is 19.8 Å². The zero-order valence-corrected chi connectivity index (χ0v) is 11.2. The Bertz CT molecular complexity index is 259. The molecule has 0 saturated heterocycles. The number of hydrogen-bond acceptors (Lipinski definition) is 4. The lowest BCUT2D eigenvalue weighted by Gasteiger charge is -2.21. The van der Waals surface area contributed by atoms with Crippen molar-refractivity contribution >= 4 is 5.96 Å². The minimum Gasteiger partial charge on any atom is -0.381 e. The molecule has 1 rings (SSSR count). The van der Waals surface area contributed by atoms with E-state index >= 15 is 0 Å². The number of hydrogen-bond donors (Lipinski definition) is 3. The number of guanidine groups is 1. The van der Waals surface area contributed by atoms with Gasteiger partial charge in [0, 0.05) is 19.8 Å². The molecule has 0 heterocycles. The van der Waals surface area contributed by atoms with E-state index in [4.69, 9.17) is 31.5 Å². The Hall–Kier alpha value is -1.57. The van der Waals surface area contributed by atoms with Crippen molar-refractivity contribution < 1.29 is 15.0 Å². The summed E-state index contributed by atoms with van der Waals surface area (Å²) in [4.78, 5) is 12.3. The molecule has 0 bridgehead atoms. The Morgan fingerprint density at radius 1 is 1.37 bits per heavy atom. The van der Waals surface area contributed by atoms with Gasteiger partial charge in [0.05, 0.1) is 0 Å². The maximum absolute atomic E-state index is 8.36. The van der Waals surface area contributed by atoms with Gasteiger partial charge in [-0.2, -0.15) is 0 Å². The van der Waals surface area contributed by atoms with Crippen molar-refractivity contribution in [2.24, 2.45) is 22.4 Å². The summed E-state index contributed by atoms with van der Waals surface area (Å²) in [6, 6.07) is 0. The lowest BCUT2D eigenvalue weighted by molar-refractivity contribution is -0.742. The van der Waals surface area contributed by atoms with Gasteiger partial charge in [0.25, 0.3) is 5.09 Å². The van der Waals surface area contributed by atoms with Gasteiger partial charge in [-0.1, -0.05) is 19.3 Å². The first-order valence-electron chi connectivity index (χ1n) is 6.48. The average Bonchev–Trinajstić information content (AvgIpc) is 2.34. The normalized spacial score (nSPS) is 15.2. The summed E-state index contributed by atoms with van der Waals surface area (Å²) in [5.74, 6) is 0.962. The predicted octanol–water partition coefficient (Wildman–Crippen LogP) is 0.899. The van der Waals surface area contributed by atoms with E-state index in [1.54, 1.807) is 0 Å². The van der Waals surface area contributed by atoms with Crippen molar-refractivity contribution in [3.8, 4) is 0 Å². The van der Waals surface area contributed by atoms with Gasteiger partial charge in [0.2, 0.25) is 0 Å². The van der Waals surface area contributed by atoms with E-state index in [0.717, 1.165) is 25.6 Å². The number of aliphatic imine (C=N–C) groups is 1. The predicted molar refractivity (Wildman–Crippen MR) is 71.5 cm³/mol. The molecular formula is C11H24N4O4. The Labute approximate surface area is 112 Å². The van der Waals surface area contributed by atoms with E-state index in [1.807, 2.05) is 0 Å². The largest absolute Gasteiger partial charge is 0.381 e. The molecule has 0 amide bonds. The molecule has 1 aliphatic rings. The molecule has 0 aromatic rings. The standard InChI is InChI=1S/C11H23N3O.HNO3/c12-11(13)14-7-4-8-15-9-10-5-2-1-3-6-10;2-1(3)4/h10H,1-9H2,(H4,12,13,14);(H,2,3,4). The van der Waals surface area contributed by atoms with Gasteiger partial charge < -0.3 is 21.4 Å². The zero-order chi connectivity index (χ0) is 14.5. The fourth-order valence-corrected chi connectivity index (χ4v) is 1.98. The van der Waals surface area contributed by atoms with Crippen LogP contribution in [0.1, 0.15) is 38.5 Å². The highest BCUT2D eigenvalue weighted by Gasteiger charge is 2.12. The second-order valence-electron chi connectivity index (χ2n) is 4.48. The lowest BCUT2D eigenvalue weighted by Crippen LogP contribution is -2.23. The monoisotopic (exact) mass is 276 g/mol. The van der Waals surface area contributed by atoms with Gasteiger partial charge in [0.1, 0.15) is 0 Å². The van der Waals surface area contributed by atoms with Gasteiger partial charge >= 0.3 is 0 Å². The van der Waals surface area contributed by atoms with Gasteiger partial charge in [-0.15, -0.1) is 10.1 Å². The van der Waals surface area contributed by atoms with Crippen molar-refractivity contribution in [1.29, 1.82) is 0 Å². The maximum Gasteiger partial charge on any atom is 0.291 e. The van der Waals surface area contributed by atoms with Gasteiger partial charge in [-0.05, 0) is 25.2 Å². The van der Waals surface area contributed by atoms with Crippen LogP contribution in [0.4, 0.5) is 0 Å². The van der Waals surface area contributed by atoms with Crippen LogP contribution in [0.3, 0.4) is 0 Å². The molecule has 1 aliphatic carbocycles. The molecule has 19 heavy (non-hydrogen) atoms. The minimum atomic E-state index is -1.50. The molecule has 5 N–H and O–H groups in total. The van der Waals surface area contributed by atoms with E-state index < -0.39 is 5.09 Å². The molecule has 0 aliphatic heterocycles. The Kier molecular flexibility index (Phi) is 10.6. The number of nitrogens with zero attached hydrogens (tertiary/aromatic N) is 2. The molecule has 8 nitrogen and oxygen atoms in total. The highest BCUT2D eigenvalue weighted by atomic mass is 16.9. The first-order chi connectivity index (χ1) is 9.02. The summed E-state index contributed by atoms with van der Waals surface area (Å²) in [5.41, 5.74) is 10.4. The third-order valence-electron chi connectivity index (χ3n) is 2.82. The smallest absolute Gasteiger partial charge is 0.291 e. The van der Waals surface area contributed by atoms with Gasteiger partial charge in [-0.25, -0.2) is 0 Å². The zero-order valence-electron chi connectivity index (χ0n) is 11.2. The number of rotatable bonds is 6. The van der Waals surface area contributed by atoms with Crippen LogP contribution in [0.5, 0.6) is 0 Å². The molecule has 1 fully saturated rings. The van der Waals surface area contributed by atoms with E-state index in [9.17, 15) is 0 Å². The van der Waals surface area contributed by atoms with Crippen molar-refractivity contribution in [3.63, 3.8) is 0 Å². The fraction of sp³-hybridized carbons (Fsp3) is 0.909. The highest BCUT2D eigenvalue weighted by molar-refractivity contribution is 5.75. The summed E-state index contributed by atoms with van der Waals surface area (Å²) >= 11 is 0. The average molecular weight is 276 g/mol. The lowest BCUT2D eigenvalue weighted by atomic mass is 9.90. The van der Waals surface area contributed by atoms with Crippen molar-refractivity contribution in [3.05, 3.63) is 10.1 Å². The van der Waals surface area contributed by atoms with Crippen LogP contribution in [-0.4, -0.2) is 36.0 Å². The second kappa shape index (κ2) is 11.5. The SMILES string of the molecule is NC(N)=NCCCOCC1CCCCC1.O=[N+]([O-])O. The second-order valence-corrected chi connectivity index (χ2v) is 4.48. The van der Waals surface area contributed by atoms with Crippen LogP contribution in [0.2, 0.25) is 0 Å². The number of nitrogens with two attached hydrogens (primary N) is 2. The third kappa shape index (κ3) is 14.4. The van der Waals surface area contributed by atoms with Crippen LogP contribution in [0.15, 0.2) is 4.99 Å². The van der Waals surface area contributed by atoms with E-state index in [0.29, 0.717) is 6.54 Å². The molecule has 112 valence electrons. The molecule has 0 spiro atoms. The van der Waals surface area contributed by atoms with E-state index in [-0.39, 0.29) is 5.96 Å². The summed E-state index contributed by atoms with van der Waals surface area (Å²) < 4.78 is 5.60. The molecule has 0 aromatic carbocycles. The van der Waals surface area contributed by atoms with Crippen LogP contribution >= 0.6 is 0 Å². The third-order valence-corrected chi connectivity index (χ3v) is 2.82. The minimum absolute atomic E-state index is 0.169. The Balaban J connectivity index is 0.000000711. The van der Waals surface area contributed by atoms with E-state index in [1.165, 1.54) is 32.1 Å². The quantitative estimate of drug-likeness (QED) is 0.217. The van der Waals surface area contributed by atoms with Gasteiger partial charge in [-0.3, -0.25) is 4.99 Å². The summed E-state index contributed by atoms with van der Waals surface area (Å²) in [5, 5.41) is 13.6. The molecular weight excluding hydrogens is 252 g/mol. The first kappa shape index (κ1) is 17.4. The van der Waals surface area contributed by atoms with Gasteiger partial charge in [0.15, 0.2) is 5.96 Å². The molecule has 0 atom stereocenters. The summed E-state index contributed by atoms with van der Waals surface area (Å²) in [7, 11) is 0. The first-order valence-corrected chi connectivity index (χ1v) is 6.48. The maximum atomic E-state index is 8.36. The molecule has 0 aromatic heterocycles. The fourth-order valence-electron chi connectivity index (χ4n) is 1.98. The van der Waals surface area contributed by atoms with Crippen LogP contribution in [0, 0.1) is 16.0 Å². The summed E-state index contributed by atoms with van der Waals surface area (Å²) in [6.45, 7) is 2.36. The van der Waals surface area contributed by atoms with Crippen LogP contribution in [0.25, 0.3) is 0 Å². The topological polar surface area (TPSA) is 137 Å². The Morgan fingerprint density at radius 2 is 1.95 bits per heavy atom. The summed E-state index contributed by atoms with van der Waals surface area (Å²) in [6.07, 6.45) is 7.75. The molecule has 1 saturated carbocycles. The van der Waals surface area contributed by atoms with Crippen LogP contribution < -0.4 is 11.5 Å². The van der Waals surface area contributed by atoms with Crippen molar-refractivity contribution in [2.45, 2.75) is 38.5 Å². The Morgan fingerprint density at radius 3 is 2.47 bits per heavy atom. The van der Waals surface area contributed by atoms with E-state index in [2.05, 4.69) is 4.99 Å². The molecule has 0 radical (unpaired) electrons. The van der Waals surface area contributed by atoms with Crippen molar-refractivity contribution in [1.82, 2.24) is 0 Å². The number of ether oxygens (including phenoxy) is 1. The molecule has 8 heteroatoms. The highest BCUT2D eigenvalue weighted by Crippen LogP contribution is 2.23.